The third kappa shape index (κ3) is 4.88. The number of methoxy groups -OCH3 is 1. The van der Waals surface area contributed by atoms with Crippen LogP contribution in [0.1, 0.15) is 11.3 Å². The van der Waals surface area contributed by atoms with E-state index in [-0.39, 0.29) is 5.95 Å². The van der Waals surface area contributed by atoms with Crippen LogP contribution in [-0.2, 0) is 10.0 Å². The predicted octanol–water partition coefficient (Wildman–Crippen LogP) is 2.03. The molecule has 0 radical (unpaired) electrons. The molecule has 0 aliphatic heterocycles. The molecule has 2 aromatic rings. The SMILES string of the molecule is COc1ccc(C=Cc2ccnc(NS(C)(=O)=O)n2)cc1. The number of rotatable bonds is 5. The van der Waals surface area contributed by atoms with E-state index in [9.17, 15) is 8.42 Å². The van der Waals surface area contributed by atoms with E-state index >= 15 is 0 Å². The Balaban J connectivity index is 2.14. The number of benzene rings is 1. The summed E-state index contributed by atoms with van der Waals surface area (Å²) in [5, 5.41) is 0. The van der Waals surface area contributed by atoms with Gasteiger partial charge in [-0.05, 0) is 29.8 Å². The minimum atomic E-state index is -3.38. The first-order valence-corrected chi connectivity index (χ1v) is 7.98. The van der Waals surface area contributed by atoms with Gasteiger partial charge in [-0.1, -0.05) is 18.2 Å². The molecule has 110 valence electrons. The van der Waals surface area contributed by atoms with Crippen LogP contribution < -0.4 is 9.46 Å². The third-order valence-corrected chi connectivity index (χ3v) is 3.07. The van der Waals surface area contributed by atoms with Crippen LogP contribution in [0.3, 0.4) is 0 Å². The van der Waals surface area contributed by atoms with E-state index in [1.807, 2.05) is 30.3 Å². The van der Waals surface area contributed by atoms with E-state index in [4.69, 9.17) is 4.74 Å². The number of nitrogens with one attached hydrogen (secondary N) is 1. The Labute approximate surface area is 123 Å². The minimum Gasteiger partial charge on any atom is -0.497 e. The van der Waals surface area contributed by atoms with Gasteiger partial charge in [0.1, 0.15) is 5.75 Å². The minimum absolute atomic E-state index is 0.0504. The van der Waals surface area contributed by atoms with Crippen molar-refractivity contribution >= 4 is 28.1 Å². The van der Waals surface area contributed by atoms with Crippen molar-refractivity contribution in [3.05, 3.63) is 47.8 Å². The Kier molecular flexibility index (Phi) is 4.54. The Morgan fingerprint density at radius 2 is 1.86 bits per heavy atom. The van der Waals surface area contributed by atoms with Crippen molar-refractivity contribution in [1.29, 1.82) is 0 Å². The zero-order chi connectivity index (χ0) is 15.3. The van der Waals surface area contributed by atoms with Crippen LogP contribution >= 0.6 is 0 Å². The normalized spacial score (nSPS) is 11.5. The quantitative estimate of drug-likeness (QED) is 0.914. The summed E-state index contributed by atoms with van der Waals surface area (Å²) in [5.41, 5.74) is 1.58. The molecule has 21 heavy (non-hydrogen) atoms. The second-order valence-electron chi connectivity index (χ2n) is 4.29. The standard InChI is InChI=1S/C14H15N3O3S/c1-20-13-7-4-11(5-8-13)3-6-12-9-10-15-14(16-12)17-21(2,18)19/h3-10H,1-2H3,(H,15,16,17). The van der Waals surface area contributed by atoms with Crippen molar-refractivity contribution in [2.24, 2.45) is 0 Å². The summed E-state index contributed by atoms with van der Waals surface area (Å²) >= 11 is 0. The second kappa shape index (κ2) is 6.36. The molecule has 6 nitrogen and oxygen atoms in total. The molecule has 0 atom stereocenters. The van der Waals surface area contributed by atoms with Gasteiger partial charge >= 0.3 is 0 Å². The fourth-order valence-electron chi connectivity index (χ4n) is 1.58. The largest absolute Gasteiger partial charge is 0.497 e. The van der Waals surface area contributed by atoms with E-state index in [1.54, 1.807) is 19.3 Å². The van der Waals surface area contributed by atoms with Crippen molar-refractivity contribution in [3.63, 3.8) is 0 Å². The van der Waals surface area contributed by atoms with Crippen molar-refractivity contribution in [3.8, 4) is 5.75 Å². The number of hydrogen-bond acceptors (Lipinski definition) is 5. The highest BCUT2D eigenvalue weighted by atomic mass is 32.2. The fourth-order valence-corrected chi connectivity index (χ4v) is 2.01. The topological polar surface area (TPSA) is 81.2 Å². The van der Waals surface area contributed by atoms with Gasteiger partial charge in [-0.15, -0.1) is 0 Å². The molecule has 1 heterocycles. The van der Waals surface area contributed by atoms with Crippen LogP contribution in [0.15, 0.2) is 36.5 Å². The lowest BCUT2D eigenvalue weighted by Gasteiger charge is -2.02. The molecule has 1 aromatic heterocycles. The molecule has 7 heteroatoms. The average molecular weight is 305 g/mol. The Bertz CT molecular complexity index is 740. The van der Waals surface area contributed by atoms with Crippen LogP contribution in [0.5, 0.6) is 5.75 Å². The summed E-state index contributed by atoms with van der Waals surface area (Å²) < 4.78 is 29.6. The first kappa shape index (κ1) is 15.0. The van der Waals surface area contributed by atoms with E-state index < -0.39 is 10.0 Å². The fraction of sp³-hybridized carbons (Fsp3) is 0.143. The molecule has 0 saturated carbocycles. The van der Waals surface area contributed by atoms with Gasteiger partial charge in [0.15, 0.2) is 0 Å². The van der Waals surface area contributed by atoms with Gasteiger partial charge in [0.25, 0.3) is 0 Å². The molecule has 0 saturated heterocycles. The number of ether oxygens (including phenoxy) is 1. The number of nitrogens with zero attached hydrogens (tertiary/aromatic N) is 2. The van der Waals surface area contributed by atoms with Gasteiger partial charge < -0.3 is 4.74 Å². The first-order chi connectivity index (χ1) is 9.96. The lowest BCUT2D eigenvalue weighted by Crippen LogP contribution is -2.12. The van der Waals surface area contributed by atoms with Crippen molar-refractivity contribution < 1.29 is 13.2 Å². The molecule has 0 unspecified atom stereocenters. The predicted molar refractivity (Wildman–Crippen MR) is 82.4 cm³/mol. The van der Waals surface area contributed by atoms with Crippen LogP contribution in [0.2, 0.25) is 0 Å². The van der Waals surface area contributed by atoms with Gasteiger partial charge in [0, 0.05) is 6.20 Å². The lowest BCUT2D eigenvalue weighted by atomic mass is 10.2. The first-order valence-electron chi connectivity index (χ1n) is 6.09. The summed E-state index contributed by atoms with van der Waals surface area (Å²) in [5.74, 6) is 0.836. The summed E-state index contributed by atoms with van der Waals surface area (Å²) in [6, 6.07) is 9.22. The molecule has 0 spiro atoms. The maximum Gasteiger partial charge on any atom is 0.237 e. The third-order valence-electron chi connectivity index (χ3n) is 2.52. The number of hydrogen-bond donors (Lipinski definition) is 1. The van der Waals surface area contributed by atoms with E-state index in [1.165, 1.54) is 6.20 Å². The van der Waals surface area contributed by atoms with Crippen LogP contribution in [0.25, 0.3) is 12.2 Å². The van der Waals surface area contributed by atoms with Crippen LogP contribution in [0, 0.1) is 0 Å². The van der Waals surface area contributed by atoms with E-state index in [2.05, 4.69) is 14.7 Å². The van der Waals surface area contributed by atoms with Gasteiger partial charge in [-0.25, -0.2) is 18.4 Å². The highest BCUT2D eigenvalue weighted by molar-refractivity contribution is 7.91. The van der Waals surface area contributed by atoms with E-state index in [0.29, 0.717) is 5.69 Å². The smallest absolute Gasteiger partial charge is 0.237 e. The molecule has 1 N–H and O–H groups in total. The zero-order valence-electron chi connectivity index (χ0n) is 11.6. The number of anilines is 1. The molecule has 0 aliphatic carbocycles. The molecule has 2 rings (SSSR count). The Morgan fingerprint density at radius 3 is 2.48 bits per heavy atom. The number of sulfonamides is 1. The van der Waals surface area contributed by atoms with E-state index in [0.717, 1.165) is 17.6 Å². The molecule has 1 aromatic carbocycles. The van der Waals surface area contributed by atoms with Gasteiger partial charge in [-0.3, -0.25) is 4.72 Å². The maximum atomic E-state index is 11.1. The van der Waals surface area contributed by atoms with Gasteiger partial charge in [-0.2, -0.15) is 0 Å². The molecular weight excluding hydrogens is 290 g/mol. The molecule has 0 aliphatic rings. The summed E-state index contributed by atoms with van der Waals surface area (Å²) in [7, 11) is -1.77. The maximum absolute atomic E-state index is 11.1. The lowest BCUT2D eigenvalue weighted by molar-refractivity contribution is 0.415. The summed E-state index contributed by atoms with van der Waals surface area (Å²) in [6.45, 7) is 0. The van der Waals surface area contributed by atoms with Crippen molar-refractivity contribution in [2.45, 2.75) is 0 Å². The van der Waals surface area contributed by atoms with Crippen LogP contribution in [0.4, 0.5) is 5.95 Å². The highest BCUT2D eigenvalue weighted by Gasteiger charge is 2.04. The van der Waals surface area contributed by atoms with Gasteiger partial charge in [0.2, 0.25) is 16.0 Å². The Hall–Kier alpha value is -2.41. The Morgan fingerprint density at radius 1 is 1.14 bits per heavy atom. The molecule has 0 fully saturated rings. The molecule has 0 bridgehead atoms. The molecular formula is C14H15N3O3S. The monoisotopic (exact) mass is 305 g/mol. The molecule has 0 amide bonds. The zero-order valence-corrected chi connectivity index (χ0v) is 12.5. The number of aromatic nitrogens is 2. The van der Waals surface area contributed by atoms with Crippen LogP contribution in [-0.4, -0.2) is 31.8 Å². The summed E-state index contributed by atoms with van der Waals surface area (Å²) in [4.78, 5) is 7.94. The summed E-state index contributed by atoms with van der Waals surface area (Å²) in [6.07, 6.45) is 6.19. The second-order valence-corrected chi connectivity index (χ2v) is 6.03. The highest BCUT2D eigenvalue weighted by Crippen LogP contribution is 2.13. The van der Waals surface area contributed by atoms with Crippen molar-refractivity contribution in [2.75, 3.05) is 18.1 Å². The van der Waals surface area contributed by atoms with Crippen molar-refractivity contribution in [1.82, 2.24) is 9.97 Å². The van der Waals surface area contributed by atoms with Gasteiger partial charge in [0.05, 0.1) is 19.1 Å². The average Bonchev–Trinajstić information content (AvgIpc) is 2.44.